The number of aliphatic hydroxyl groups is 1. The molecule has 0 radical (unpaired) electrons. The molecule has 0 saturated carbocycles. The molecule has 8 heteroatoms. The second-order valence-corrected chi connectivity index (χ2v) is 4.49. The lowest BCUT2D eigenvalue weighted by Gasteiger charge is -2.15. The first-order chi connectivity index (χ1) is 9.75. The summed E-state index contributed by atoms with van der Waals surface area (Å²) in [6, 6.07) is 2.70. The minimum absolute atomic E-state index is 0.0686. The zero-order valence-electron chi connectivity index (χ0n) is 9.90. The molecule has 0 saturated heterocycles. The summed E-state index contributed by atoms with van der Waals surface area (Å²) in [6.07, 6.45) is -2.38. The van der Waals surface area contributed by atoms with Crippen LogP contribution in [0, 0.1) is 34.9 Å². The van der Waals surface area contributed by atoms with Gasteiger partial charge in [0.2, 0.25) is 5.82 Å². The third kappa shape index (κ3) is 2.58. The average molecular weight is 327 g/mol. The highest BCUT2D eigenvalue weighted by atomic mass is 35.5. The van der Waals surface area contributed by atoms with E-state index in [9.17, 15) is 31.4 Å². The summed E-state index contributed by atoms with van der Waals surface area (Å²) < 4.78 is 79.6. The Morgan fingerprint density at radius 2 is 1.29 bits per heavy atom. The van der Waals surface area contributed by atoms with Crippen LogP contribution in [0.2, 0.25) is 5.02 Å². The van der Waals surface area contributed by atoms with Gasteiger partial charge in [-0.3, -0.25) is 0 Å². The average Bonchev–Trinajstić information content (AvgIpc) is 2.43. The number of halogens is 7. The van der Waals surface area contributed by atoms with Crippen LogP contribution in [0.15, 0.2) is 18.2 Å². The van der Waals surface area contributed by atoms with E-state index in [1.807, 2.05) is 0 Å². The van der Waals surface area contributed by atoms with Crippen LogP contribution in [-0.4, -0.2) is 5.11 Å². The maximum atomic E-state index is 13.6. The molecule has 0 bridgehead atoms. The first kappa shape index (κ1) is 15.7. The third-order valence-electron chi connectivity index (χ3n) is 2.77. The summed E-state index contributed by atoms with van der Waals surface area (Å²) in [5.41, 5.74) is -2.21. The quantitative estimate of drug-likeness (QED) is 0.497. The molecule has 0 spiro atoms. The molecule has 1 atom stereocenters. The molecular formula is C13H5ClF6O. The Balaban J connectivity index is 2.66. The molecule has 2 aromatic carbocycles. The van der Waals surface area contributed by atoms with Gasteiger partial charge in [-0.15, -0.1) is 0 Å². The maximum Gasteiger partial charge on any atom is 0.200 e. The molecule has 1 N–H and O–H groups in total. The lowest BCUT2D eigenvalue weighted by molar-refractivity contribution is 0.198. The van der Waals surface area contributed by atoms with Gasteiger partial charge in [0, 0.05) is 10.6 Å². The zero-order valence-corrected chi connectivity index (χ0v) is 10.7. The highest BCUT2D eigenvalue weighted by Crippen LogP contribution is 2.33. The standard InChI is InChI=1S/C13H5ClF6O/c14-4-1-2-5(6(15)3-4)13(21)7-8(16)10(18)12(20)11(19)9(7)17/h1-3,13,21H. The van der Waals surface area contributed by atoms with Crippen LogP contribution in [0.1, 0.15) is 17.2 Å². The van der Waals surface area contributed by atoms with Gasteiger partial charge in [-0.05, 0) is 12.1 Å². The summed E-state index contributed by atoms with van der Waals surface area (Å²) in [7, 11) is 0. The normalized spacial score (nSPS) is 12.6. The molecule has 0 aromatic heterocycles. The molecule has 0 heterocycles. The van der Waals surface area contributed by atoms with Gasteiger partial charge in [-0.1, -0.05) is 17.7 Å². The van der Waals surface area contributed by atoms with Crippen molar-refractivity contribution in [2.45, 2.75) is 6.10 Å². The fraction of sp³-hybridized carbons (Fsp3) is 0.0769. The minimum atomic E-state index is -2.38. The molecular weight excluding hydrogens is 322 g/mol. The van der Waals surface area contributed by atoms with Gasteiger partial charge in [0.1, 0.15) is 11.9 Å². The van der Waals surface area contributed by atoms with E-state index in [0.29, 0.717) is 0 Å². The predicted octanol–water partition coefficient (Wildman–Crippen LogP) is 4.26. The van der Waals surface area contributed by atoms with E-state index in [4.69, 9.17) is 11.6 Å². The van der Waals surface area contributed by atoms with Crippen LogP contribution in [0.3, 0.4) is 0 Å². The van der Waals surface area contributed by atoms with Crippen molar-refractivity contribution in [3.63, 3.8) is 0 Å². The van der Waals surface area contributed by atoms with E-state index in [0.717, 1.165) is 18.2 Å². The van der Waals surface area contributed by atoms with Crippen molar-refractivity contribution in [1.82, 2.24) is 0 Å². The minimum Gasteiger partial charge on any atom is -0.383 e. The Morgan fingerprint density at radius 3 is 1.76 bits per heavy atom. The van der Waals surface area contributed by atoms with Gasteiger partial charge in [0.25, 0.3) is 0 Å². The molecule has 0 aliphatic rings. The largest absolute Gasteiger partial charge is 0.383 e. The van der Waals surface area contributed by atoms with Crippen LogP contribution in [0.4, 0.5) is 26.3 Å². The number of hydrogen-bond donors (Lipinski definition) is 1. The number of aliphatic hydroxyl groups excluding tert-OH is 1. The molecule has 2 rings (SSSR count). The highest BCUT2D eigenvalue weighted by Gasteiger charge is 2.31. The monoisotopic (exact) mass is 326 g/mol. The van der Waals surface area contributed by atoms with Gasteiger partial charge < -0.3 is 5.11 Å². The van der Waals surface area contributed by atoms with Gasteiger partial charge >= 0.3 is 0 Å². The molecule has 112 valence electrons. The van der Waals surface area contributed by atoms with Crippen LogP contribution in [-0.2, 0) is 0 Å². The van der Waals surface area contributed by atoms with Gasteiger partial charge in [0.15, 0.2) is 23.3 Å². The summed E-state index contributed by atoms with van der Waals surface area (Å²) in [5, 5.41) is 9.68. The Hall–Kier alpha value is -1.73. The summed E-state index contributed by atoms with van der Waals surface area (Å²) in [4.78, 5) is 0. The fourth-order valence-corrected chi connectivity index (χ4v) is 1.90. The first-order valence-electron chi connectivity index (χ1n) is 5.40. The Bertz CT molecular complexity index is 689. The van der Waals surface area contributed by atoms with E-state index < -0.39 is 52.1 Å². The van der Waals surface area contributed by atoms with Crippen LogP contribution in [0.25, 0.3) is 0 Å². The third-order valence-corrected chi connectivity index (χ3v) is 3.01. The molecule has 1 unspecified atom stereocenters. The van der Waals surface area contributed by atoms with E-state index in [2.05, 4.69) is 0 Å². The van der Waals surface area contributed by atoms with Crippen molar-refractivity contribution >= 4 is 11.6 Å². The predicted molar refractivity (Wildman–Crippen MR) is 61.7 cm³/mol. The lowest BCUT2D eigenvalue weighted by Crippen LogP contribution is -2.13. The van der Waals surface area contributed by atoms with E-state index >= 15 is 0 Å². The summed E-state index contributed by atoms with van der Waals surface area (Å²) in [6.45, 7) is 0. The summed E-state index contributed by atoms with van der Waals surface area (Å²) in [5.74, 6) is -12.4. The zero-order chi connectivity index (χ0) is 15.9. The van der Waals surface area contributed by atoms with E-state index in [-0.39, 0.29) is 5.02 Å². The van der Waals surface area contributed by atoms with E-state index in [1.165, 1.54) is 0 Å². The second-order valence-electron chi connectivity index (χ2n) is 4.05. The van der Waals surface area contributed by atoms with Crippen LogP contribution < -0.4 is 0 Å². The van der Waals surface area contributed by atoms with Crippen molar-refractivity contribution < 1.29 is 31.4 Å². The van der Waals surface area contributed by atoms with Crippen molar-refractivity contribution in [1.29, 1.82) is 0 Å². The van der Waals surface area contributed by atoms with Crippen LogP contribution >= 0.6 is 11.6 Å². The Kier molecular flexibility index (Phi) is 4.15. The molecule has 0 aliphatic heterocycles. The molecule has 0 aliphatic carbocycles. The second kappa shape index (κ2) is 5.57. The summed E-state index contributed by atoms with van der Waals surface area (Å²) >= 11 is 5.46. The van der Waals surface area contributed by atoms with Crippen molar-refractivity contribution in [3.05, 3.63) is 69.3 Å². The Morgan fingerprint density at radius 1 is 0.810 bits per heavy atom. The van der Waals surface area contributed by atoms with Gasteiger partial charge in [-0.25, -0.2) is 26.3 Å². The van der Waals surface area contributed by atoms with Crippen molar-refractivity contribution in [2.24, 2.45) is 0 Å². The van der Waals surface area contributed by atoms with Crippen LogP contribution in [0.5, 0.6) is 0 Å². The first-order valence-corrected chi connectivity index (χ1v) is 5.77. The SMILES string of the molecule is OC(c1ccc(Cl)cc1F)c1c(F)c(F)c(F)c(F)c1F. The molecule has 2 aromatic rings. The Labute approximate surface area is 119 Å². The van der Waals surface area contributed by atoms with Gasteiger partial charge in [-0.2, -0.15) is 0 Å². The number of hydrogen-bond acceptors (Lipinski definition) is 1. The van der Waals surface area contributed by atoms with Crippen molar-refractivity contribution in [3.8, 4) is 0 Å². The molecule has 21 heavy (non-hydrogen) atoms. The highest BCUT2D eigenvalue weighted by molar-refractivity contribution is 6.30. The van der Waals surface area contributed by atoms with Crippen molar-refractivity contribution in [2.75, 3.05) is 0 Å². The molecule has 0 amide bonds. The molecule has 0 fully saturated rings. The number of benzene rings is 2. The smallest absolute Gasteiger partial charge is 0.200 e. The molecule has 1 nitrogen and oxygen atoms in total. The maximum absolute atomic E-state index is 13.6. The number of rotatable bonds is 2. The topological polar surface area (TPSA) is 20.2 Å². The lowest BCUT2D eigenvalue weighted by atomic mass is 9.99. The van der Waals surface area contributed by atoms with E-state index in [1.54, 1.807) is 0 Å². The van der Waals surface area contributed by atoms with Gasteiger partial charge in [0.05, 0.1) is 5.56 Å². The fourth-order valence-electron chi connectivity index (χ4n) is 1.74.